The van der Waals surface area contributed by atoms with Crippen molar-refractivity contribution in [1.82, 2.24) is 0 Å². The smallest absolute Gasteiger partial charge is 0.190 e. The maximum Gasteiger partial charge on any atom is 0.190 e. The van der Waals surface area contributed by atoms with Crippen molar-refractivity contribution in [2.75, 3.05) is 0 Å². The van der Waals surface area contributed by atoms with E-state index in [-0.39, 0.29) is 11.9 Å². The van der Waals surface area contributed by atoms with Gasteiger partial charge in [-0.05, 0) is 49.1 Å². The summed E-state index contributed by atoms with van der Waals surface area (Å²) in [6.07, 6.45) is 7.53. The van der Waals surface area contributed by atoms with Gasteiger partial charge in [0.2, 0.25) is 0 Å². The van der Waals surface area contributed by atoms with Crippen LogP contribution in [0, 0.1) is 0 Å². The van der Waals surface area contributed by atoms with Crippen molar-refractivity contribution in [3.8, 4) is 0 Å². The first-order chi connectivity index (χ1) is 9.12. The van der Waals surface area contributed by atoms with Crippen LogP contribution in [0.15, 0.2) is 24.3 Å². The molecule has 1 aliphatic carbocycles. The van der Waals surface area contributed by atoms with Gasteiger partial charge in [-0.15, -0.1) is 0 Å². The lowest BCUT2D eigenvalue weighted by atomic mass is 9.86. The van der Waals surface area contributed by atoms with Gasteiger partial charge in [-0.3, -0.25) is 4.79 Å². The number of benzene rings is 1. The van der Waals surface area contributed by atoms with E-state index < -0.39 is 5.60 Å². The first-order valence-corrected chi connectivity index (χ1v) is 7.23. The molecule has 0 bridgehead atoms. The highest BCUT2D eigenvalue weighted by atomic mass is 35.5. The van der Waals surface area contributed by atoms with Gasteiger partial charge < -0.3 is 4.74 Å². The van der Waals surface area contributed by atoms with Crippen LogP contribution in [0.2, 0.25) is 10.0 Å². The molecule has 2 atom stereocenters. The van der Waals surface area contributed by atoms with Gasteiger partial charge in [-0.2, -0.15) is 0 Å². The molecule has 2 fully saturated rings. The largest absolute Gasteiger partial charge is 0.357 e. The van der Waals surface area contributed by atoms with Crippen LogP contribution in [-0.4, -0.2) is 17.5 Å². The minimum absolute atomic E-state index is 0.0585. The fraction of sp³-hybridized carbons (Fsp3) is 0.400. The molecular formula is C15H14Cl2O2. The van der Waals surface area contributed by atoms with Crippen LogP contribution in [0.4, 0.5) is 0 Å². The average Bonchev–Trinajstić information content (AvgIpc) is 3.13. The highest BCUT2D eigenvalue weighted by Crippen LogP contribution is 2.48. The molecule has 1 heterocycles. The van der Waals surface area contributed by atoms with Gasteiger partial charge in [0.25, 0.3) is 0 Å². The summed E-state index contributed by atoms with van der Waals surface area (Å²) in [6.45, 7) is 0. The Balaban J connectivity index is 1.74. The highest BCUT2D eigenvalue weighted by molar-refractivity contribution is 6.35. The van der Waals surface area contributed by atoms with Crippen molar-refractivity contribution in [3.05, 3.63) is 39.9 Å². The third kappa shape index (κ3) is 2.45. The molecule has 0 N–H and O–H groups in total. The monoisotopic (exact) mass is 296 g/mol. The third-order valence-electron chi connectivity index (χ3n) is 3.87. The molecule has 1 saturated carbocycles. The number of ketones is 1. The number of epoxide rings is 1. The zero-order valence-electron chi connectivity index (χ0n) is 10.4. The van der Waals surface area contributed by atoms with Crippen molar-refractivity contribution < 1.29 is 9.53 Å². The Labute approximate surface area is 122 Å². The van der Waals surface area contributed by atoms with E-state index in [1.807, 2.05) is 0 Å². The lowest BCUT2D eigenvalue weighted by molar-refractivity contribution is -0.119. The van der Waals surface area contributed by atoms with Crippen molar-refractivity contribution in [3.63, 3.8) is 0 Å². The number of rotatable bonds is 3. The zero-order valence-corrected chi connectivity index (χ0v) is 11.9. The molecule has 0 radical (unpaired) electrons. The van der Waals surface area contributed by atoms with Crippen LogP contribution >= 0.6 is 23.2 Å². The molecule has 0 amide bonds. The summed E-state index contributed by atoms with van der Waals surface area (Å²) >= 11 is 11.9. The number of carbonyl (C=O) groups is 1. The standard InChI is InChI=1S/C15H14Cl2O2/c16-11-6-4-10(12(17)9-11)5-7-13(18)15-8-2-1-3-14(15)19-15/h4-7,9,14H,1-3,8H2/b7-5+/t14-,15-/m1/s1. The summed E-state index contributed by atoms with van der Waals surface area (Å²) in [5.41, 5.74) is 0.275. The fourth-order valence-corrected chi connectivity index (χ4v) is 3.20. The van der Waals surface area contributed by atoms with E-state index in [1.54, 1.807) is 30.4 Å². The van der Waals surface area contributed by atoms with Gasteiger partial charge in [-0.1, -0.05) is 35.7 Å². The number of fused-ring (bicyclic) bond motifs is 1. The van der Waals surface area contributed by atoms with Gasteiger partial charge >= 0.3 is 0 Å². The van der Waals surface area contributed by atoms with Crippen LogP contribution in [0.25, 0.3) is 6.08 Å². The Hall–Kier alpha value is -0.830. The quantitative estimate of drug-likeness (QED) is 0.615. The fourth-order valence-electron chi connectivity index (χ4n) is 2.73. The Bertz CT molecular complexity index is 553. The SMILES string of the molecule is O=C(/C=C/c1ccc(Cl)cc1Cl)[C@]12CCCC[C@H]1O2. The Morgan fingerprint density at radius 2 is 2.21 bits per heavy atom. The predicted molar refractivity (Wildman–Crippen MR) is 76.6 cm³/mol. The Morgan fingerprint density at radius 1 is 1.37 bits per heavy atom. The number of carbonyl (C=O) groups excluding carboxylic acids is 1. The molecule has 4 heteroatoms. The number of hydrogen-bond donors (Lipinski definition) is 0. The minimum Gasteiger partial charge on any atom is -0.357 e. The van der Waals surface area contributed by atoms with E-state index in [1.165, 1.54) is 0 Å². The summed E-state index contributed by atoms with van der Waals surface area (Å²) in [7, 11) is 0. The lowest BCUT2D eigenvalue weighted by Crippen LogP contribution is -2.28. The molecule has 2 aliphatic rings. The second kappa shape index (κ2) is 4.93. The molecule has 0 aromatic heterocycles. The second-order valence-electron chi connectivity index (χ2n) is 5.11. The van der Waals surface area contributed by atoms with E-state index in [0.29, 0.717) is 10.0 Å². The highest BCUT2D eigenvalue weighted by Gasteiger charge is 2.61. The van der Waals surface area contributed by atoms with Gasteiger partial charge in [0, 0.05) is 10.0 Å². The van der Waals surface area contributed by atoms with Crippen molar-refractivity contribution in [2.45, 2.75) is 37.4 Å². The summed E-state index contributed by atoms with van der Waals surface area (Å²) in [4.78, 5) is 12.2. The Morgan fingerprint density at radius 3 is 2.95 bits per heavy atom. The third-order valence-corrected chi connectivity index (χ3v) is 4.44. The topological polar surface area (TPSA) is 29.6 Å². The van der Waals surface area contributed by atoms with Crippen molar-refractivity contribution in [2.24, 2.45) is 0 Å². The molecule has 19 heavy (non-hydrogen) atoms. The number of hydrogen-bond acceptors (Lipinski definition) is 2. The summed E-state index contributed by atoms with van der Waals surface area (Å²) in [5.74, 6) is 0.0585. The van der Waals surface area contributed by atoms with E-state index in [4.69, 9.17) is 27.9 Å². The molecule has 100 valence electrons. The maximum atomic E-state index is 12.2. The molecule has 1 aliphatic heterocycles. The molecular weight excluding hydrogens is 283 g/mol. The molecule has 0 spiro atoms. The molecule has 1 aromatic carbocycles. The second-order valence-corrected chi connectivity index (χ2v) is 5.95. The maximum absolute atomic E-state index is 12.2. The zero-order chi connectivity index (χ0) is 13.5. The minimum atomic E-state index is -0.520. The van der Waals surface area contributed by atoms with Crippen molar-refractivity contribution >= 4 is 35.1 Å². The lowest BCUT2D eigenvalue weighted by Gasteiger charge is -2.13. The van der Waals surface area contributed by atoms with Gasteiger partial charge in [0.1, 0.15) is 0 Å². The summed E-state index contributed by atoms with van der Waals surface area (Å²) in [6, 6.07) is 5.23. The average molecular weight is 297 g/mol. The van der Waals surface area contributed by atoms with Crippen LogP contribution in [-0.2, 0) is 9.53 Å². The van der Waals surface area contributed by atoms with E-state index in [9.17, 15) is 4.79 Å². The molecule has 2 nitrogen and oxygen atoms in total. The van der Waals surface area contributed by atoms with E-state index in [0.717, 1.165) is 31.2 Å². The predicted octanol–water partition coefficient (Wildman–Crippen LogP) is 4.29. The number of halogens is 2. The summed E-state index contributed by atoms with van der Waals surface area (Å²) < 4.78 is 5.61. The summed E-state index contributed by atoms with van der Waals surface area (Å²) in [5, 5.41) is 1.14. The van der Waals surface area contributed by atoms with Crippen molar-refractivity contribution in [1.29, 1.82) is 0 Å². The van der Waals surface area contributed by atoms with Gasteiger partial charge in [-0.25, -0.2) is 0 Å². The van der Waals surface area contributed by atoms with Crippen LogP contribution in [0.1, 0.15) is 31.2 Å². The van der Waals surface area contributed by atoms with Crippen LogP contribution < -0.4 is 0 Å². The molecule has 0 unspecified atom stereocenters. The molecule has 1 aromatic rings. The molecule has 3 rings (SSSR count). The van der Waals surface area contributed by atoms with Gasteiger partial charge in [0.15, 0.2) is 11.4 Å². The molecule has 1 saturated heterocycles. The normalized spacial score (nSPS) is 29.3. The Kier molecular flexibility index (Phi) is 3.42. The van der Waals surface area contributed by atoms with E-state index in [2.05, 4.69) is 0 Å². The first-order valence-electron chi connectivity index (χ1n) is 6.47. The number of ether oxygens (including phenoxy) is 1. The van der Waals surface area contributed by atoms with E-state index >= 15 is 0 Å². The van der Waals surface area contributed by atoms with Crippen LogP contribution in [0.5, 0.6) is 0 Å². The van der Waals surface area contributed by atoms with Crippen LogP contribution in [0.3, 0.4) is 0 Å². The first kappa shape index (κ1) is 13.2. The van der Waals surface area contributed by atoms with Gasteiger partial charge in [0.05, 0.1) is 6.10 Å².